The molecule has 0 aliphatic rings. The van der Waals surface area contributed by atoms with Crippen LogP contribution in [-0.4, -0.2) is 23.7 Å². The van der Waals surface area contributed by atoms with E-state index in [9.17, 15) is 4.79 Å². The standard InChI is InChI=1S/C11H23NO2.C2H6/c1-4-7-10(12-8-5-2)9(6-3)11(13)14;1-2/h9-10,12H,4-8H2,1-3H3,(H,13,14);1-2H3. The molecule has 0 heterocycles. The third-order valence-electron chi connectivity index (χ3n) is 2.50. The third-order valence-corrected chi connectivity index (χ3v) is 2.50. The number of hydrogen-bond acceptors (Lipinski definition) is 2. The van der Waals surface area contributed by atoms with Gasteiger partial charge in [-0.15, -0.1) is 0 Å². The van der Waals surface area contributed by atoms with E-state index in [2.05, 4.69) is 19.2 Å². The molecule has 0 aliphatic carbocycles. The highest BCUT2D eigenvalue weighted by Crippen LogP contribution is 2.14. The molecule has 0 amide bonds. The van der Waals surface area contributed by atoms with E-state index in [-0.39, 0.29) is 12.0 Å². The molecule has 2 atom stereocenters. The first-order valence-corrected chi connectivity index (χ1v) is 6.63. The molecule has 2 unspecified atom stereocenters. The fourth-order valence-electron chi connectivity index (χ4n) is 1.72. The Hall–Kier alpha value is -0.570. The minimum Gasteiger partial charge on any atom is -0.481 e. The van der Waals surface area contributed by atoms with Gasteiger partial charge in [0.05, 0.1) is 5.92 Å². The Morgan fingerprint density at radius 2 is 1.75 bits per heavy atom. The van der Waals surface area contributed by atoms with Crippen LogP contribution >= 0.6 is 0 Å². The second kappa shape index (κ2) is 12.5. The SMILES string of the molecule is CC.CCCNC(CCC)C(CC)C(=O)O. The second-order valence-electron chi connectivity index (χ2n) is 3.70. The molecule has 2 N–H and O–H groups in total. The fourth-order valence-corrected chi connectivity index (χ4v) is 1.72. The molecule has 3 heteroatoms. The van der Waals surface area contributed by atoms with E-state index in [0.29, 0.717) is 6.42 Å². The average molecular weight is 231 g/mol. The summed E-state index contributed by atoms with van der Waals surface area (Å²) in [5, 5.41) is 12.4. The minimum absolute atomic E-state index is 0.141. The van der Waals surface area contributed by atoms with Crippen LogP contribution in [0.4, 0.5) is 0 Å². The van der Waals surface area contributed by atoms with Crippen LogP contribution in [0.15, 0.2) is 0 Å². The Morgan fingerprint density at radius 1 is 1.19 bits per heavy atom. The van der Waals surface area contributed by atoms with Gasteiger partial charge in [-0.1, -0.05) is 41.0 Å². The number of carbonyl (C=O) groups is 1. The Morgan fingerprint density at radius 3 is 2.06 bits per heavy atom. The van der Waals surface area contributed by atoms with Crippen LogP contribution in [0.2, 0.25) is 0 Å². The van der Waals surface area contributed by atoms with Gasteiger partial charge in [0.15, 0.2) is 0 Å². The summed E-state index contributed by atoms with van der Waals surface area (Å²) in [6, 6.07) is 0.141. The van der Waals surface area contributed by atoms with Crippen molar-refractivity contribution < 1.29 is 9.90 Å². The fraction of sp³-hybridized carbons (Fsp3) is 0.923. The van der Waals surface area contributed by atoms with Gasteiger partial charge in [0.25, 0.3) is 0 Å². The zero-order valence-electron chi connectivity index (χ0n) is 11.5. The normalized spacial score (nSPS) is 13.6. The molecular weight excluding hydrogens is 202 g/mol. The second-order valence-corrected chi connectivity index (χ2v) is 3.70. The van der Waals surface area contributed by atoms with E-state index >= 15 is 0 Å². The summed E-state index contributed by atoms with van der Waals surface area (Å²) in [6.07, 6.45) is 3.74. The van der Waals surface area contributed by atoms with E-state index in [1.54, 1.807) is 0 Å². The van der Waals surface area contributed by atoms with Gasteiger partial charge in [-0.25, -0.2) is 0 Å². The number of nitrogens with one attached hydrogen (secondary N) is 1. The lowest BCUT2D eigenvalue weighted by Crippen LogP contribution is -2.40. The maximum Gasteiger partial charge on any atom is 0.308 e. The van der Waals surface area contributed by atoms with E-state index in [4.69, 9.17) is 5.11 Å². The van der Waals surface area contributed by atoms with E-state index in [0.717, 1.165) is 25.8 Å². The summed E-state index contributed by atoms with van der Waals surface area (Å²) in [7, 11) is 0. The van der Waals surface area contributed by atoms with Crippen LogP contribution in [0.25, 0.3) is 0 Å². The molecular formula is C13H29NO2. The quantitative estimate of drug-likeness (QED) is 0.674. The summed E-state index contributed by atoms with van der Waals surface area (Å²) in [5.41, 5.74) is 0. The molecule has 0 aromatic heterocycles. The Balaban J connectivity index is 0. The zero-order chi connectivity index (χ0) is 13.0. The first kappa shape index (κ1) is 17.8. The van der Waals surface area contributed by atoms with Gasteiger partial charge in [-0.3, -0.25) is 4.79 Å². The maximum atomic E-state index is 11.0. The topological polar surface area (TPSA) is 49.3 Å². The summed E-state index contributed by atoms with van der Waals surface area (Å²) in [5.74, 6) is -0.906. The van der Waals surface area contributed by atoms with Crippen molar-refractivity contribution in [2.75, 3.05) is 6.54 Å². The van der Waals surface area contributed by atoms with Gasteiger partial charge in [-0.2, -0.15) is 0 Å². The monoisotopic (exact) mass is 231 g/mol. The van der Waals surface area contributed by atoms with Crippen LogP contribution in [-0.2, 0) is 4.79 Å². The molecule has 0 bridgehead atoms. The van der Waals surface area contributed by atoms with Crippen molar-refractivity contribution in [3.63, 3.8) is 0 Å². The lowest BCUT2D eigenvalue weighted by molar-refractivity contribution is -0.143. The first-order chi connectivity index (χ1) is 7.67. The minimum atomic E-state index is -0.672. The molecule has 0 saturated carbocycles. The molecule has 0 aliphatic heterocycles. The lowest BCUT2D eigenvalue weighted by Gasteiger charge is -2.23. The Bertz CT molecular complexity index is 160. The summed E-state index contributed by atoms with van der Waals surface area (Å²) < 4.78 is 0. The highest BCUT2D eigenvalue weighted by Gasteiger charge is 2.24. The average Bonchev–Trinajstić information content (AvgIpc) is 2.29. The molecule has 98 valence electrons. The van der Waals surface area contributed by atoms with Gasteiger partial charge in [0.1, 0.15) is 0 Å². The Kier molecular flexibility index (Phi) is 13.9. The van der Waals surface area contributed by atoms with Gasteiger partial charge >= 0.3 is 5.97 Å². The van der Waals surface area contributed by atoms with Gasteiger partial charge < -0.3 is 10.4 Å². The smallest absolute Gasteiger partial charge is 0.308 e. The molecule has 0 fully saturated rings. The van der Waals surface area contributed by atoms with Crippen LogP contribution in [0, 0.1) is 5.92 Å². The van der Waals surface area contributed by atoms with Gasteiger partial charge in [-0.05, 0) is 25.8 Å². The van der Waals surface area contributed by atoms with E-state index in [1.807, 2.05) is 20.8 Å². The lowest BCUT2D eigenvalue weighted by atomic mass is 9.93. The third kappa shape index (κ3) is 7.69. The molecule has 0 aromatic rings. The highest BCUT2D eigenvalue weighted by atomic mass is 16.4. The predicted molar refractivity (Wildman–Crippen MR) is 69.8 cm³/mol. The van der Waals surface area contributed by atoms with Crippen LogP contribution in [0.3, 0.4) is 0 Å². The van der Waals surface area contributed by atoms with Crippen molar-refractivity contribution in [2.24, 2.45) is 5.92 Å². The number of carboxylic acid groups (broad SMARTS) is 1. The summed E-state index contributed by atoms with van der Waals surface area (Å²) in [6.45, 7) is 11.0. The molecule has 0 saturated heterocycles. The molecule has 0 radical (unpaired) electrons. The maximum absolute atomic E-state index is 11.0. The van der Waals surface area contributed by atoms with Crippen molar-refractivity contribution in [3.8, 4) is 0 Å². The molecule has 0 aromatic carbocycles. The first-order valence-electron chi connectivity index (χ1n) is 6.63. The Labute approximate surface area is 101 Å². The van der Waals surface area contributed by atoms with Crippen molar-refractivity contribution in [3.05, 3.63) is 0 Å². The molecule has 16 heavy (non-hydrogen) atoms. The summed E-state index contributed by atoms with van der Waals surface area (Å²) >= 11 is 0. The van der Waals surface area contributed by atoms with Crippen LogP contribution < -0.4 is 5.32 Å². The van der Waals surface area contributed by atoms with Gasteiger partial charge in [0.2, 0.25) is 0 Å². The highest BCUT2D eigenvalue weighted by molar-refractivity contribution is 5.70. The van der Waals surface area contributed by atoms with Crippen molar-refractivity contribution in [1.29, 1.82) is 0 Å². The van der Waals surface area contributed by atoms with Crippen LogP contribution in [0.5, 0.6) is 0 Å². The molecule has 0 rings (SSSR count). The van der Waals surface area contributed by atoms with E-state index < -0.39 is 5.97 Å². The van der Waals surface area contributed by atoms with E-state index in [1.165, 1.54) is 0 Å². The molecule has 0 spiro atoms. The molecule has 3 nitrogen and oxygen atoms in total. The number of aliphatic carboxylic acids is 1. The predicted octanol–water partition coefficient (Wildman–Crippen LogP) is 3.29. The van der Waals surface area contributed by atoms with Crippen molar-refractivity contribution >= 4 is 5.97 Å². The zero-order valence-corrected chi connectivity index (χ0v) is 11.5. The number of hydrogen-bond donors (Lipinski definition) is 2. The van der Waals surface area contributed by atoms with Gasteiger partial charge in [0, 0.05) is 6.04 Å². The number of carboxylic acids is 1. The van der Waals surface area contributed by atoms with Crippen molar-refractivity contribution in [2.45, 2.75) is 66.3 Å². The number of rotatable bonds is 8. The largest absolute Gasteiger partial charge is 0.481 e. The summed E-state index contributed by atoms with van der Waals surface area (Å²) in [4.78, 5) is 11.0. The van der Waals surface area contributed by atoms with Crippen LogP contribution in [0.1, 0.15) is 60.3 Å². The van der Waals surface area contributed by atoms with Crippen molar-refractivity contribution in [1.82, 2.24) is 5.32 Å².